The second kappa shape index (κ2) is 11.1. The molecule has 0 fully saturated rings. The van der Waals surface area contributed by atoms with Gasteiger partial charge in [0, 0.05) is 28.9 Å². The SMILES string of the molecule is NC(=O)c1[nH]c2cc(CNCc3ccc(/C=C/c4ccccc4)cc3)ccc2c1Sc1ccccc1. The molecule has 4 aromatic carbocycles. The van der Waals surface area contributed by atoms with Crippen LogP contribution in [-0.4, -0.2) is 10.9 Å². The Labute approximate surface area is 215 Å². The van der Waals surface area contributed by atoms with Gasteiger partial charge in [-0.25, -0.2) is 0 Å². The average molecular weight is 490 g/mol. The minimum absolute atomic E-state index is 0.449. The van der Waals surface area contributed by atoms with Crippen molar-refractivity contribution in [3.8, 4) is 0 Å². The van der Waals surface area contributed by atoms with Gasteiger partial charge in [0.1, 0.15) is 5.69 Å². The van der Waals surface area contributed by atoms with Gasteiger partial charge in [-0.05, 0) is 40.5 Å². The Kier molecular flexibility index (Phi) is 7.31. The van der Waals surface area contributed by atoms with E-state index in [4.69, 9.17) is 5.73 Å². The quantitative estimate of drug-likeness (QED) is 0.198. The Morgan fingerprint density at radius 2 is 1.39 bits per heavy atom. The minimum Gasteiger partial charge on any atom is -0.364 e. The molecule has 0 atom stereocenters. The molecule has 1 heterocycles. The first kappa shape index (κ1) is 23.7. The van der Waals surface area contributed by atoms with Crippen LogP contribution in [-0.2, 0) is 13.1 Å². The number of aromatic amines is 1. The Morgan fingerprint density at radius 3 is 2.08 bits per heavy atom. The number of carbonyl (C=O) groups is 1. The van der Waals surface area contributed by atoms with Gasteiger partial charge in [-0.3, -0.25) is 4.79 Å². The second-order valence-corrected chi connectivity index (χ2v) is 9.66. The number of rotatable bonds is 9. The van der Waals surface area contributed by atoms with E-state index >= 15 is 0 Å². The van der Waals surface area contributed by atoms with Crippen LogP contribution in [0, 0.1) is 0 Å². The van der Waals surface area contributed by atoms with Crippen molar-refractivity contribution < 1.29 is 4.79 Å². The van der Waals surface area contributed by atoms with Gasteiger partial charge in [0.15, 0.2) is 0 Å². The molecule has 0 bridgehead atoms. The van der Waals surface area contributed by atoms with Crippen LogP contribution >= 0.6 is 11.8 Å². The Morgan fingerprint density at radius 1 is 0.778 bits per heavy atom. The van der Waals surface area contributed by atoms with E-state index in [1.165, 1.54) is 16.7 Å². The summed E-state index contributed by atoms with van der Waals surface area (Å²) >= 11 is 1.55. The molecule has 5 rings (SSSR count). The summed E-state index contributed by atoms with van der Waals surface area (Å²) < 4.78 is 0. The van der Waals surface area contributed by atoms with Gasteiger partial charge in [-0.1, -0.05) is 109 Å². The third-order valence-corrected chi connectivity index (χ3v) is 7.07. The van der Waals surface area contributed by atoms with Crippen LogP contribution in [0.1, 0.15) is 32.7 Å². The van der Waals surface area contributed by atoms with E-state index in [1.807, 2.05) is 48.5 Å². The third-order valence-electron chi connectivity index (χ3n) is 5.93. The van der Waals surface area contributed by atoms with E-state index in [0.717, 1.165) is 39.3 Å². The highest BCUT2D eigenvalue weighted by Crippen LogP contribution is 2.36. The number of H-pyrrole nitrogens is 1. The molecule has 178 valence electrons. The molecule has 5 heteroatoms. The van der Waals surface area contributed by atoms with E-state index in [-0.39, 0.29) is 0 Å². The summed E-state index contributed by atoms with van der Waals surface area (Å²) in [4.78, 5) is 17.3. The Bertz CT molecular complexity index is 1490. The monoisotopic (exact) mass is 489 g/mol. The summed E-state index contributed by atoms with van der Waals surface area (Å²) in [6.45, 7) is 1.49. The maximum absolute atomic E-state index is 12.1. The molecule has 0 saturated carbocycles. The van der Waals surface area contributed by atoms with Crippen LogP contribution in [0.25, 0.3) is 23.1 Å². The van der Waals surface area contributed by atoms with Crippen molar-refractivity contribution >= 4 is 40.7 Å². The molecule has 0 radical (unpaired) electrons. The maximum atomic E-state index is 12.1. The summed E-state index contributed by atoms with van der Waals surface area (Å²) in [5, 5.41) is 4.52. The highest BCUT2D eigenvalue weighted by molar-refractivity contribution is 7.99. The third kappa shape index (κ3) is 5.77. The fraction of sp³-hybridized carbons (Fsp3) is 0.0645. The Balaban J connectivity index is 1.23. The van der Waals surface area contributed by atoms with Crippen molar-refractivity contribution in [2.45, 2.75) is 22.9 Å². The minimum atomic E-state index is -0.452. The highest BCUT2D eigenvalue weighted by Gasteiger charge is 2.17. The smallest absolute Gasteiger partial charge is 0.266 e. The molecule has 36 heavy (non-hydrogen) atoms. The lowest BCUT2D eigenvalue weighted by Crippen LogP contribution is -2.12. The van der Waals surface area contributed by atoms with Crippen LogP contribution in [0.15, 0.2) is 113 Å². The number of carbonyl (C=O) groups excluding carboxylic acids is 1. The lowest BCUT2D eigenvalue weighted by atomic mass is 10.1. The van der Waals surface area contributed by atoms with Crippen LogP contribution in [0.4, 0.5) is 0 Å². The van der Waals surface area contributed by atoms with Crippen LogP contribution in [0.5, 0.6) is 0 Å². The summed E-state index contributed by atoms with van der Waals surface area (Å²) in [7, 11) is 0. The van der Waals surface area contributed by atoms with Crippen molar-refractivity contribution in [2.75, 3.05) is 0 Å². The molecule has 4 nitrogen and oxygen atoms in total. The predicted octanol–water partition coefficient (Wildman–Crippen LogP) is 6.88. The zero-order valence-corrected chi connectivity index (χ0v) is 20.6. The summed E-state index contributed by atoms with van der Waals surface area (Å²) in [6.07, 6.45) is 4.25. The maximum Gasteiger partial charge on any atom is 0.266 e. The molecule has 1 amide bonds. The number of benzene rings is 4. The number of fused-ring (bicyclic) bond motifs is 1. The number of amides is 1. The predicted molar refractivity (Wildman–Crippen MR) is 150 cm³/mol. The molecule has 0 saturated heterocycles. The molecule has 0 spiro atoms. The number of nitrogens with one attached hydrogen (secondary N) is 2. The second-order valence-electron chi connectivity index (χ2n) is 8.58. The Hall–Kier alpha value is -4.06. The van der Waals surface area contributed by atoms with Gasteiger partial charge >= 0.3 is 0 Å². The van der Waals surface area contributed by atoms with E-state index in [0.29, 0.717) is 5.69 Å². The molecule has 0 aliphatic heterocycles. The van der Waals surface area contributed by atoms with Gasteiger partial charge in [0.05, 0.1) is 4.90 Å². The molecule has 4 N–H and O–H groups in total. The van der Waals surface area contributed by atoms with E-state index in [1.54, 1.807) is 11.8 Å². The number of primary amides is 1. The first-order valence-electron chi connectivity index (χ1n) is 11.9. The van der Waals surface area contributed by atoms with Crippen molar-refractivity contribution in [3.05, 3.63) is 131 Å². The summed E-state index contributed by atoms with van der Waals surface area (Å²) in [5.41, 5.74) is 11.8. The largest absolute Gasteiger partial charge is 0.364 e. The number of hydrogen-bond donors (Lipinski definition) is 3. The highest BCUT2D eigenvalue weighted by atomic mass is 32.2. The van der Waals surface area contributed by atoms with Gasteiger partial charge in [0.25, 0.3) is 5.91 Å². The standard InChI is InChI=1S/C31H27N3OS/c32-31(35)29-30(36-26-9-5-2-6-10-26)27-18-17-25(19-28(27)34-29)21-33-20-24-15-13-23(14-16-24)12-11-22-7-3-1-4-8-22/h1-19,33-34H,20-21H2,(H2,32,35)/b12-11+. The zero-order chi connectivity index (χ0) is 24.7. The topological polar surface area (TPSA) is 70.9 Å². The van der Waals surface area contributed by atoms with Crippen LogP contribution in [0.2, 0.25) is 0 Å². The lowest BCUT2D eigenvalue weighted by Gasteiger charge is -2.07. The van der Waals surface area contributed by atoms with Crippen molar-refractivity contribution in [3.63, 3.8) is 0 Å². The van der Waals surface area contributed by atoms with Crippen LogP contribution < -0.4 is 11.1 Å². The van der Waals surface area contributed by atoms with Crippen molar-refractivity contribution in [1.82, 2.24) is 10.3 Å². The normalized spacial score (nSPS) is 11.3. The van der Waals surface area contributed by atoms with Gasteiger partial charge in [-0.15, -0.1) is 0 Å². The number of nitrogens with two attached hydrogens (primary N) is 1. The summed E-state index contributed by atoms with van der Waals surface area (Å²) in [5.74, 6) is -0.452. The van der Waals surface area contributed by atoms with Gasteiger partial charge < -0.3 is 16.0 Å². The molecule has 0 aliphatic rings. The van der Waals surface area contributed by atoms with Crippen molar-refractivity contribution in [2.24, 2.45) is 5.73 Å². The molecule has 1 aromatic heterocycles. The van der Waals surface area contributed by atoms with E-state index < -0.39 is 5.91 Å². The van der Waals surface area contributed by atoms with Gasteiger partial charge in [-0.2, -0.15) is 0 Å². The molecule has 0 unspecified atom stereocenters. The lowest BCUT2D eigenvalue weighted by molar-refractivity contribution is 0.0993. The molecular weight excluding hydrogens is 462 g/mol. The van der Waals surface area contributed by atoms with E-state index in [2.05, 4.69) is 77.1 Å². The number of aromatic nitrogens is 1. The van der Waals surface area contributed by atoms with Gasteiger partial charge in [0.2, 0.25) is 0 Å². The first-order valence-corrected chi connectivity index (χ1v) is 12.7. The van der Waals surface area contributed by atoms with E-state index in [9.17, 15) is 4.79 Å². The molecule has 0 aliphatic carbocycles. The molecule has 5 aromatic rings. The number of hydrogen-bond acceptors (Lipinski definition) is 3. The summed E-state index contributed by atoms with van der Waals surface area (Å²) in [6, 6.07) is 35.1. The first-order chi connectivity index (χ1) is 17.7. The zero-order valence-electron chi connectivity index (χ0n) is 19.8. The molecular formula is C31H27N3OS. The fourth-order valence-electron chi connectivity index (χ4n) is 4.07. The van der Waals surface area contributed by atoms with Crippen LogP contribution in [0.3, 0.4) is 0 Å². The average Bonchev–Trinajstić information content (AvgIpc) is 3.27. The van der Waals surface area contributed by atoms with Crippen molar-refractivity contribution in [1.29, 1.82) is 0 Å². The fourth-order valence-corrected chi connectivity index (χ4v) is 5.14.